The van der Waals surface area contributed by atoms with E-state index in [0.29, 0.717) is 17.7 Å². The summed E-state index contributed by atoms with van der Waals surface area (Å²) >= 11 is 2.70. The number of carbonyl (C=O) groups excluding carboxylic acids is 1. The second-order valence-corrected chi connectivity index (χ2v) is 8.33. The number of ether oxygens (including phenoxy) is 1. The summed E-state index contributed by atoms with van der Waals surface area (Å²) in [5, 5.41) is 1.67. The third-order valence-corrected chi connectivity index (χ3v) is 7.29. The van der Waals surface area contributed by atoms with Crippen LogP contribution in [0.25, 0.3) is 0 Å². The van der Waals surface area contributed by atoms with Gasteiger partial charge in [0.1, 0.15) is 9.77 Å². The first kappa shape index (κ1) is 18.5. The predicted molar refractivity (Wildman–Crippen MR) is 87.8 cm³/mol. The molecule has 0 bridgehead atoms. The first-order valence-electron chi connectivity index (χ1n) is 6.44. The molecule has 5 nitrogen and oxygen atoms in total. The SMILES string of the molecule is CCC(CSC)N(C)S(=O)(=O)c1c(C)csc1C(=O)OC. The van der Waals surface area contributed by atoms with Gasteiger partial charge in [0.15, 0.2) is 0 Å². The van der Waals surface area contributed by atoms with Crippen molar-refractivity contribution in [1.29, 1.82) is 0 Å². The number of sulfonamides is 1. The molecule has 0 aromatic carbocycles. The maximum absolute atomic E-state index is 12.8. The number of esters is 1. The number of hydrogen-bond acceptors (Lipinski definition) is 6. The molecule has 1 heterocycles. The standard InChI is InChI=1S/C13H21NO4S3/c1-6-10(8-19-5)14(3)21(16,17)12-9(2)7-20-11(12)13(15)18-4/h7,10H,6,8H2,1-5H3. The number of nitrogens with zero attached hydrogens (tertiary/aromatic N) is 1. The van der Waals surface area contributed by atoms with E-state index >= 15 is 0 Å². The Morgan fingerprint density at radius 2 is 2.14 bits per heavy atom. The fourth-order valence-corrected chi connectivity index (χ4v) is 6.02. The normalized spacial score (nSPS) is 13.4. The van der Waals surface area contributed by atoms with Crippen molar-refractivity contribution in [3.63, 3.8) is 0 Å². The first-order valence-corrected chi connectivity index (χ1v) is 10.2. The molecule has 0 spiro atoms. The molecule has 0 aliphatic rings. The van der Waals surface area contributed by atoms with Gasteiger partial charge in [-0.1, -0.05) is 6.92 Å². The highest BCUT2D eigenvalue weighted by Gasteiger charge is 2.33. The molecule has 8 heteroatoms. The van der Waals surface area contributed by atoms with Crippen molar-refractivity contribution in [3.8, 4) is 0 Å². The second-order valence-electron chi connectivity index (χ2n) is 4.61. The van der Waals surface area contributed by atoms with Crippen LogP contribution in [-0.2, 0) is 14.8 Å². The lowest BCUT2D eigenvalue weighted by atomic mass is 10.3. The van der Waals surface area contributed by atoms with Crippen LogP contribution < -0.4 is 0 Å². The zero-order valence-electron chi connectivity index (χ0n) is 12.9. The first-order chi connectivity index (χ1) is 9.81. The van der Waals surface area contributed by atoms with Gasteiger partial charge in [-0.3, -0.25) is 0 Å². The summed E-state index contributed by atoms with van der Waals surface area (Å²) < 4.78 is 31.7. The summed E-state index contributed by atoms with van der Waals surface area (Å²) in [6.45, 7) is 3.65. The van der Waals surface area contributed by atoms with Crippen molar-refractivity contribution in [2.45, 2.75) is 31.2 Å². The predicted octanol–water partition coefficient (Wildman–Crippen LogP) is 2.61. The average Bonchev–Trinajstić information content (AvgIpc) is 2.85. The van der Waals surface area contributed by atoms with Gasteiger partial charge in [0.05, 0.1) is 7.11 Å². The van der Waals surface area contributed by atoms with Crippen LogP contribution >= 0.6 is 23.1 Å². The molecule has 0 aliphatic heterocycles. The Kier molecular flexibility index (Phi) is 6.71. The molecule has 1 rings (SSSR count). The molecule has 0 aliphatic carbocycles. The molecule has 1 aromatic rings. The molecule has 0 saturated heterocycles. The zero-order valence-corrected chi connectivity index (χ0v) is 15.3. The van der Waals surface area contributed by atoms with Gasteiger partial charge < -0.3 is 4.74 Å². The fourth-order valence-electron chi connectivity index (χ4n) is 2.00. The van der Waals surface area contributed by atoms with Crippen LogP contribution in [0.3, 0.4) is 0 Å². The Hall–Kier alpha value is -0.570. The van der Waals surface area contributed by atoms with Crippen molar-refractivity contribution in [2.75, 3.05) is 26.2 Å². The molecular weight excluding hydrogens is 330 g/mol. The third-order valence-electron chi connectivity index (χ3n) is 3.27. The lowest BCUT2D eigenvalue weighted by molar-refractivity contribution is 0.0602. The summed E-state index contributed by atoms with van der Waals surface area (Å²) in [4.78, 5) is 12.0. The summed E-state index contributed by atoms with van der Waals surface area (Å²) in [6.07, 6.45) is 2.66. The molecule has 21 heavy (non-hydrogen) atoms. The van der Waals surface area contributed by atoms with Crippen LogP contribution in [0.1, 0.15) is 28.6 Å². The van der Waals surface area contributed by atoms with Gasteiger partial charge in [0, 0.05) is 18.8 Å². The Labute approximate surface area is 134 Å². The van der Waals surface area contributed by atoms with E-state index in [4.69, 9.17) is 0 Å². The van der Waals surface area contributed by atoms with E-state index < -0.39 is 16.0 Å². The van der Waals surface area contributed by atoms with E-state index in [1.54, 1.807) is 31.1 Å². The summed E-state index contributed by atoms with van der Waals surface area (Å²) in [5.41, 5.74) is 0.575. The van der Waals surface area contributed by atoms with Crippen LogP contribution in [0.5, 0.6) is 0 Å². The molecule has 0 N–H and O–H groups in total. The molecule has 1 atom stereocenters. The van der Waals surface area contributed by atoms with Gasteiger partial charge in [-0.05, 0) is 30.5 Å². The number of thiophene rings is 1. The lowest BCUT2D eigenvalue weighted by Gasteiger charge is -2.26. The van der Waals surface area contributed by atoms with E-state index in [-0.39, 0.29) is 15.8 Å². The number of hydrogen-bond donors (Lipinski definition) is 0. The van der Waals surface area contributed by atoms with Gasteiger partial charge in [-0.25, -0.2) is 13.2 Å². The third kappa shape index (κ3) is 3.80. The van der Waals surface area contributed by atoms with E-state index in [9.17, 15) is 13.2 Å². The largest absolute Gasteiger partial charge is 0.465 e. The molecule has 0 fully saturated rings. The molecular formula is C13H21NO4S3. The lowest BCUT2D eigenvalue weighted by Crippen LogP contribution is -2.38. The molecule has 0 radical (unpaired) electrons. The quantitative estimate of drug-likeness (QED) is 0.707. The highest BCUT2D eigenvalue weighted by atomic mass is 32.2. The maximum atomic E-state index is 12.8. The van der Waals surface area contributed by atoms with Crippen molar-refractivity contribution in [2.24, 2.45) is 0 Å². The summed E-state index contributed by atoms with van der Waals surface area (Å²) in [7, 11) is -0.899. The van der Waals surface area contributed by atoms with Gasteiger partial charge in [-0.2, -0.15) is 16.1 Å². The van der Waals surface area contributed by atoms with E-state index in [2.05, 4.69) is 4.74 Å². The van der Waals surface area contributed by atoms with Crippen LogP contribution in [-0.4, -0.2) is 50.9 Å². The van der Waals surface area contributed by atoms with Crippen LogP contribution in [0.15, 0.2) is 10.3 Å². The van der Waals surface area contributed by atoms with Gasteiger partial charge in [-0.15, -0.1) is 11.3 Å². The minimum atomic E-state index is -3.72. The second kappa shape index (κ2) is 7.62. The van der Waals surface area contributed by atoms with Crippen molar-refractivity contribution in [3.05, 3.63) is 15.8 Å². The van der Waals surface area contributed by atoms with Crippen LogP contribution in [0.2, 0.25) is 0 Å². The van der Waals surface area contributed by atoms with Crippen molar-refractivity contribution in [1.82, 2.24) is 4.31 Å². The number of thioether (sulfide) groups is 1. The molecule has 0 saturated carbocycles. The Bertz CT molecular complexity index is 595. The van der Waals surface area contributed by atoms with Gasteiger partial charge in [0.2, 0.25) is 10.0 Å². The number of rotatable bonds is 7. The van der Waals surface area contributed by atoms with Gasteiger partial charge >= 0.3 is 5.97 Å². The highest BCUT2D eigenvalue weighted by molar-refractivity contribution is 7.98. The zero-order chi connectivity index (χ0) is 16.2. The molecule has 0 amide bonds. The van der Waals surface area contributed by atoms with Crippen molar-refractivity contribution >= 4 is 39.1 Å². The average molecular weight is 352 g/mol. The van der Waals surface area contributed by atoms with Crippen LogP contribution in [0.4, 0.5) is 0 Å². The number of methoxy groups -OCH3 is 1. The van der Waals surface area contributed by atoms with E-state index in [1.165, 1.54) is 11.4 Å². The smallest absolute Gasteiger partial charge is 0.349 e. The summed E-state index contributed by atoms with van der Waals surface area (Å²) in [6, 6.07) is -0.102. The topological polar surface area (TPSA) is 63.7 Å². The number of aryl methyl sites for hydroxylation is 1. The van der Waals surface area contributed by atoms with E-state index in [1.807, 2.05) is 13.2 Å². The Morgan fingerprint density at radius 3 is 2.62 bits per heavy atom. The molecule has 1 aromatic heterocycles. The minimum absolute atomic E-state index is 0.0707. The fraction of sp³-hybridized carbons (Fsp3) is 0.615. The van der Waals surface area contributed by atoms with E-state index in [0.717, 1.165) is 11.3 Å². The minimum Gasteiger partial charge on any atom is -0.465 e. The molecule has 120 valence electrons. The monoisotopic (exact) mass is 351 g/mol. The highest BCUT2D eigenvalue weighted by Crippen LogP contribution is 2.31. The Balaban J connectivity index is 3.31. The number of carbonyl (C=O) groups is 1. The summed E-state index contributed by atoms with van der Waals surface area (Å²) in [5.74, 6) is 0.0983. The van der Waals surface area contributed by atoms with Crippen molar-refractivity contribution < 1.29 is 17.9 Å². The maximum Gasteiger partial charge on any atom is 0.349 e. The Morgan fingerprint density at radius 1 is 1.52 bits per heavy atom. The van der Waals surface area contributed by atoms with Gasteiger partial charge in [0.25, 0.3) is 0 Å². The molecule has 1 unspecified atom stereocenters. The van der Waals surface area contributed by atoms with Crippen LogP contribution in [0, 0.1) is 6.92 Å².